The number of carbonyl (C=O) groups is 1. The van der Waals surface area contributed by atoms with Crippen molar-refractivity contribution in [1.29, 1.82) is 0 Å². The normalized spacial score (nSPS) is 19.8. The van der Waals surface area contributed by atoms with Gasteiger partial charge in [0.15, 0.2) is 0 Å². The minimum absolute atomic E-state index is 0.176. The Bertz CT molecular complexity index is 665. The first-order chi connectivity index (χ1) is 12.3. The van der Waals surface area contributed by atoms with Gasteiger partial charge in [0.2, 0.25) is 0 Å². The molecule has 5 heteroatoms. The summed E-state index contributed by atoms with van der Waals surface area (Å²) in [5, 5.41) is 0. The van der Waals surface area contributed by atoms with Crippen LogP contribution in [-0.2, 0) is 22.7 Å². The standard InChI is InChI=1S/C20H22FNO3/c21-12-18-11-19(24-14-16-7-3-1-4-8-16)13-22(18)20(23)25-15-17-9-5-2-6-10-17/h1-10,18-19H,11-15H2/t18-,19-/m1/s1. The number of hydrogen-bond donors (Lipinski definition) is 0. The Morgan fingerprint density at radius 2 is 1.60 bits per heavy atom. The lowest BCUT2D eigenvalue weighted by atomic mass is 10.2. The Kier molecular flexibility index (Phi) is 6.01. The maximum Gasteiger partial charge on any atom is 0.410 e. The van der Waals surface area contributed by atoms with E-state index < -0.39 is 18.8 Å². The van der Waals surface area contributed by atoms with E-state index in [4.69, 9.17) is 9.47 Å². The molecule has 2 aromatic carbocycles. The van der Waals surface area contributed by atoms with Crippen molar-refractivity contribution in [1.82, 2.24) is 4.90 Å². The van der Waals surface area contributed by atoms with Gasteiger partial charge in [-0.25, -0.2) is 9.18 Å². The van der Waals surface area contributed by atoms with Crippen molar-refractivity contribution in [3.8, 4) is 0 Å². The molecular weight excluding hydrogens is 321 g/mol. The second-order valence-electron chi connectivity index (χ2n) is 6.15. The van der Waals surface area contributed by atoms with Crippen LogP contribution < -0.4 is 0 Å². The third-order valence-electron chi connectivity index (χ3n) is 4.32. The minimum Gasteiger partial charge on any atom is -0.445 e. The van der Waals surface area contributed by atoms with Crippen LogP contribution in [0.1, 0.15) is 17.5 Å². The fraction of sp³-hybridized carbons (Fsp3) is 0.350. The van der Waals surface area contributed by atoms with Gasteiger partial charge in [0, 0.05) is 0 Å². The molecule has 132 valence electrons. The van der Waals surface area contributed by atoms with Crippen LogP contribution in [0.4, 0.5) is 9.18 Å². The molecule has 25 heavy (non-hydrogen) atoms. The maximum absolute atomic E-state index is 13.3. The van der Waals surface area contributed by atoms with Gasteiger partial charge in [-0.1, -0.05) is 60.7 Å². The summed E-state index contributed by atoms with van der Waals surface area (Å²) >= 11 is 0. The van der Waals surface area contributed by atoms with E-state index in [1.165, 1.54) is 4.90 Å². The molecule has 0 spiro atoms. The average Bonchev–Trinajstić information content (AvgIpc) is 3.09. The number of benzene rings is 2. The van der Waals surface area contributed by atoms with E-state index >= 15 is 0 Å². The van der Waals surface area contributed by atoms with E-state index in [1.807, 2.05) is 60.7 Å². The molecule has 0 saturated carbocycles. The predicted molar refractivity (Wildman–Crippen MR) is 92.7 cm³/mol. The van der Waals surface area contributed by atoms with E-state index in [-0.39, 0.29) is 12.7 Å². The van der Waals surface area contributed by atoms with Crippen LogP contribution in [0.5, 0.6) is 0 Å². The summed E-state index contributed by atoms with van der Waals surface area (Å²) in [5.74, 6) is 0. The lowest BCUT2D eigenvalue weighted by molar-refractivity contribution is 0.0431. The second-order valence-corrected chi connectivity index (χ2v) is 6.15. The highest BCUT2D eigenvalue weighted by Crippen LogP contribution is 2.23. The first kappa shape index (κ1) is 17.4. The highest BCUT2D eigenvalue weighted by molar-refractivity contribution is 5.68. The van der Waals surface area contributed by atoms with Gasteiger partial charge in [-0.05, 0) is 17.5 Å². The summed E-state index contributed by atoms with van der Waals surface area (Å²) in [4.78, 5) is 13.7. The third kappa shape index (κ3) is 4.79. The zero-order valence-electron chi connectivity index (χ0n) is 14.0. The van der Waals surface area contributed by atoms with Crippen LogP contribution in [0, 0.1) is 0 Å². The molecule has 1 aliphatic rings. The fourth-order valence-corrected chi connectivity index (χ4v) is 2.95. The molecule has 1 saturated heterocycles. The Hall–Kier alpha value is -2.40. The first-order valence-electron chi connectivity index (χ1n) is 8.45. The van der Waals surface area contributed by atoms with Crippen molar-refractivity contribution >= 4 is 6.09 Å². The summed E-state index contributed by atoms with van der Waals surface area (Å²) in [6.45, 7) is 0.406. The van der Waals surface area contributed by atoms with Crippen LogP contribution in [0.25, 0.3) is 0 Å². The zero-order chi connectivity index (χ0) is 17.5. The molecule has 0 unspecified atom stereocenters. The first-order valence-corrected chi connectivity index (χ1v) is 8.45. The number of nitrogens with zero attached hydrogens (tertiary/aromatic N) is 1. The molecule has 0 N–H and O–H groups in total. The van der Waals surface area contributed by atoms with Crippen molar-refractivity contribution in [2.75, 3.05) is 13.2 Å². The van der Waals surface area contributed by atoms with Crippen LogP contribution >= 0.6 is 0 Å². The molecule has 2 aromatic rings. The molecule has 1 heterocycles. The van der Waals surface area contributed by atoms with Gasteiger partial charge in [0.1, 0.15) is 13.3 Å². The number of ether oxygens (including phenoxy) is 2. The van der Waals surface area contributed by atoms with Crippen molar-refractivity contribution in [2.45, 2.75) is 31.8 Å². The lowest BCUT2D eigenvalue weighted by Gasteiger charge is -2.21. The summed E-state index contributed by atoms with van der Waals surface area (Å²) in [5.41, 5.74) is 1.97. The maximum atomic E-state index is 13.3. The number of amides is 1. The Morgan fingerprint density at radius 1 is 1.00 bits per heavy atom. The fourth-order valence-electron chi connectivity index (χ4n) is 2.95. The largest absolute Gasteiger partial charge is 0.445 e. The van der Waals surface area contributed by atoms with Gasteiger partial charge in [-0.3, -0.25) is 4.90 Å². The predicted octanol–water partition coefficient (Wildman–Crippen LogP) is 3.95. The van der Waals surface area contributed by atoms with Crippen molar-refractivity contribution in [3.63, 3.8) is 0 Å². The summed E-state index contributed by atoms with van der Waals surface area (Å²) in [6.07, 6.45) is -0.174. The number of hydrogen-bond acceptors (Lipinski definition) is 3. The van der Waals surface area contributed by atoms with Crippen molar-refractivity contribution in [2.24, 2.45) is 0 Å². The van der Waals surface area contributed by atoms with Gasteiger partial charge in [0.25, 0.3) is 0 Å². The Balaban J connectivity index is 1.51. The molecule has 1 aliphatic heterocycles. The van der Waals surface area contributed by atoms with Crippen LogP contribution in [0.3, 0.4) is 0 Å². The smallest absolute Gasteiger partial charge is 0.410 e. The van der Waals surface area contributed by atoms with E-state index in [1.54, 1.807) is 0 Å². The topological polar surface area (TPSA) is 38.8 Å². The van der Waals surface area contributed by atoms with Gasteiger partial charge in [0.05, 0.1) is 25.3 Å². The number of rotatable bonds is 6. The monoisotopic (exact) mass is 343 g/mol. The summed E-state index contributed by atoms with van der Waals surface area (Å²) in [6, 6.07) is 18.8. The molecule has 1 fully saturated rings. The van der Waals surface area contributed by atoms with E-state index in [9.17, 15) is 9.18 Å². The molecular formula is C20H22FNO3. The van der Waals surface area contributed by atoms with Gasteiger partial charge in [-0.15, -0.1) is 0 Å². The quantitative estimate of drug-likeness (QED) is 0.797. The molecule has 4 nitrogen and oxygen atoms in total. The third-order valence-corrected chi connectivity index (χ3v) is 4.32. The number of likely N-dealkylation sites (tertiary alicyclic amines) is 1. The molecule has 1 amide bonds. The van der Waals surface area contributed by atoms with Crippen molar-refractivity contribution in [3.05, 3.63) is 71.8 Å². The number of carbonyl (C=O) groups excluding carboxylic acids is 1. The Morgan fingerprint density at radius 3 is 2.20 bits per heavy atom. The SMILES string of the molecule is O=C(OCc1ccccc1)N1C[C@H](OCc2ccccc2)C[C@@H]1CF. The zero-order valence-corrected chi connectivity index (χ0v) is 14.0. The molecule has 0 radical (unpaired) electrons. The minimum atomic E-state index is -0.592. The second kappa shape index (κ2) is 8.62. The van der Waals surface area contributed by atoms with E-state index in [2.05, 4.69) is 0 Å². The Labute approximate surface area is 147 Å². The molecule has 2 atom stereocenters. The highest BCUT2D eigenvalue weighted by atomic mass is 19.1. The summed E-state index contributed by atoms with van der Waals surface area (Å²) < 4.78 is 24.5. The number of halogens is 1. The van der Waals surface area contributed by atoms with E-state index in [0.29, 0.717) is 19.6 Å². The summed E-state index contributed by atoms with van der Waals surface area (Å²) in [7, 11) is 0. The van der Waals surface area contributed by atoms with Crippen LogP contribution in [0.15, 0.2) is 60.7 Å². The highest BCUT2D eigenvalue weighted by Gasteiger charge is 2.36. The lowest BCUT2D eigenvalue weighted by Crippen LogP contribution is -2.37. The van der Waals surface area contributed by atoms with Crippen LogP contribution in [0.2, 0.25) is 0 Å². The van der Waals surface area contributed by atoms with E-state index in [0.717, 1.165) is 11.1 Å². The van der Waals surface area contributed by atoms with Gasteiger partial charge >= 0.3 is 6.09 Å². The molecule has 3 rings (SSSR count). The molecule has 0 aromatic heterocycles. The van der Waals surface area contributed by atoms with Gasteiger partial charge in [-0.2, -0.15) is 0 Å². The molecule has 0 bridgehead atoms. The van der Waals surface area contributed by atoms with Gasteiger partial charge < -0.3 is 9.47 Å². The van der Waals surface area contributed by atoms with Crippen molar-refractivity contribution < 1.29 is 18.7 Å². The molecule has 0 aliphatic carbocycles. The average molecular weight is 343 g/mol. The van der Waals surface area contributed by atoms with Crippen LogP contribution in [-0.4, -0.2) is 36.4 Å². The number of alkyl halides is 1.